The third-order valence-corrected chi connectivity index (χ3v) is 4.06. The quantitative estimate of drug-likeness (QED) is 0.732. The SMILES string of the molecule is O=C1C(Br)=C(Br)C(=O)N1c1ccc(F)cc1. The molecule has 3 nitrogen and oxygen atoms in total. The standard InChI is InChI=1S/C10H4Br2FNO2/c11-7-8(12)10(16)14(9(7)15)6-3-1-5(13)2-4-6/h1-4H. The predicted octanol–water partition coefficient (Wildman–Crippen LogP) is 2.70. The normalized spacial score (nSPS) is 16.3. The highest BCUT2D eigenvalue weighted by atomic mass is 79.9. The molecule has 6 heteroatoms. The minimum absolute atomic E-state index is 0.168. The van der Waals surface area contributed by atoms with Crippen LogP contribution in [0.4, 0.5) is 10.1 Å². The zero-order valence-electron chi connectivity index (χ0n) is 7.71. The topological polar surface area (TPSA) is 37.4 Å². The summed E-state index contributed by atoms with van der Waals surface area (Å²) in [6.45, 7) is 0. The van der Waals surface area contributed by atoms with Gasteiger partial charge in [0.1, 0.15) is 14.8 Å². The monoisotopic (exact) mass is 347 g/mol. The molecule has 82 valence electrons. The maximum atomic E-state index is 12.7. The molecular formula is C10H4Br2FNO2. The Morgan fingerprint density at radius 2 is 1.38 bits per heavy atom. The zero-order chi connectivity index (χ0) is 11.9. The highest BCUT2D eigenvalue weighted by Crippen LogP contribution is 2.32. The maximum absolute atomic E-state index is 12.7. The molecule has 0 bridgehead atoms. The molecule has 0 fully saturated rings. The molecule has 0 unspecified atom stereocenters. The Morgan fingerprint density at radius 1 is 0.938 bits per heavy atom. The minimum atomic E-state index is -0.469. The second-order valence-electron chi connectivity index (χ2n) is 3.05. The van der Waals surface area contributed by atoms with Crippen molar-refractivity contribution in [2.45, 2.75) is 0 Å². The van der Waals surface area contributed by atoms with E-state index in [-0.39, 0.29) is 8.96 Å². The van der Waals surface area contributed by atoms with Gasteiger partial charge in [-0.3, -0.25) is 9.59 Å². The van der Waals surface area contributed by atoms with Gasteiger partial charge in [0.05, 0.1) is 5.69 Å². The van der Waals surface area contributed by atoms with E-state index in [1.54, 1.807) is 0 Å². The average molecular weight is 349 g/mol. The summed E-state index contributed by atoms with van der Waals surface area (Å²) < 4.78 is 13.0. The van der Waals surface area contributed by atoms with Crippen molar-refractivity contribution in [3.63, 3.8) is 0 Å². The molecule has 0 spiro atoms. The lowest BCUT2D eigenvalue weighted by molar-refractivity contribution is -0.120. The van der Waals surface area contributed by atoms with E-state index in [1.807, 2.05) is 0 Å². The smallest absolute Gasteiger partial charge is 0.268 e. The number of halogens is 3. The van der Waals surface area contributed by atoms with Crippen LogP contribution in [0.1, 0.15) is 0 Å². The molecule has 0 N–H and O–H groups in total. The summed E-state index contributed by atoms with van der Waals surface area (Å²) in [4.78, 5) is 24.3. The van der Waals surface area contributed by atoms with Crippen LogP contribution >= 0.6 is 31.9 Å². The lowest BCUT2D eigenvalue weighted by Crippen LogP contribution is -2.30. The van der Waals surface area contributed by atoms with Crippen LogP contribution in [-0.4, -0.2) is 11.8 Å². The van der Waals surface area contributed by atoms with Gasteiger partial charge in [0.15, 0.2) is 0 Å². The van der Waals surface area contributed by atoms with Crippen molar-refractivity contribution in [2.75, 3.05) is 4.90 Å². The van der Waals surface area contributed by atoms with Crippen LogP contribution in [0.25, 0.3) is 0 Å². The average Bonchev–Trinajstić information content (AvgIpc) is 2.46. The van der Waals surface area contributed by atoms with Gasteiger partial charge in [-0.2, -0.15) is 0 Å². The molecule has 0 atom stereocenters. The van der Waals surface area contributed by atoms with E-state index in [1.165, 1.54) is 24.3 Å². The summed E-state index contributed by atoms with van der Waals surface area (Å²) in [7, 11) is 0. The van der Waals surface area contributed by atoms with Crippen LogP contribution in [0.15, 0.2) is 33.2 Å². The van der Waals surface area contributed by atoms with Crippen molar-refractivity contribution >= 4 is 49.4 Å². The van der Waals surface area contributed by atoms with Gasteiger partial charge < -0.3 is 0 Å². The molecule has 0 aromatic heterocycles. The van der Waals surface area contributed by atoms with Gasteiger partial charge in [0.2, 0.25) is 0 Å². The van der Waals surface area contributed by atoms with E-state index < -0.39 is 17.6 Å². The van der Waals surface area contributed by atoms with Crippen LogP contribution in [0.3, 0.4) is 0 Å². The maximum Gasteiger partial charge on any atom is 0.273 e. The van der Waals surface area contributed by atoms with E-state index in [4.69, 9.17) is 0 Å². The number of carbonyl (C=O) groups is 2. The first-order valence-corrected chi connectivity index (χ1v) is 5.80. The lowest BCUT2D eigenvalue weighted by Gasteiger charge is -2.13. The molecule has 1 aromatic rings. The van der Waals surface area contributed by atoms with Crippen molar-refractivity contribution < 1.29 is 14.0 Å². The van der Waals surface area contributed by atoms with E-state index in [0.29, 0.717) is 5.69 Å². The summed E-state index contributed by atoms with van der Waals surface area (Å²) in [5.74, 6) is -1.36. The molecule has 1 aliphatic heterocycles. The van der Waals surface area contributed by atoms with Crippen molar-refractivity contribution in [1.29, 1.82) is 0 Å². The van der Waals surface area contributed by atoms with Crippen LogP contribution in [0.5, 0.6) is 0 Å². The highest BCUT2D eigenvalue weighted by Gasteiger charge is 2.36. The molecular weight excluding hydrogens is 345 g/mol. The van der Waals surface area contributed by atoms with Crippen molar-refractivity contribution in [3.05, 3.63) is 39.0 Å². The van der Waals surface area contributed by atoms with Gasteiger partial charge in [-0.1, -0.05) is 0 Å². The third kappa shape index (κ3) is 1.72. The molecule has 0 saturated carbocycles. The number of hydrogen-bond donors (Lipinski definition) is 0. The Morgan fingerprint density at radius 3 is 1.81 bits per heavy atom. The number of benzene rings is 1. The zero-order valence-corrected chi connectivity index (χ0v) is 10.9. The fourth-order valence-corrected chi connectivity index (χ4v) is 1.99. The molecule has 2 amide bonds. The summed E-state index contributed by atoms with van der Waals surface area (Å²) >= 11 is 6.02. The molecule has 1 aliphatic rings. The number of hydrogen-bond acceptors (Lipinski definition) is 2. The van der Waals surface area contributed by atoms with Gasteiger partial charge in [-0.25, -0.2) is 9.29 Å². The minimum Gasteiger partial charge on any atom is -0.268 e. The molecule has 1 aromatic carbocycles. The van der Waals surface area contributed by atoms with Crippen molar-refractivity contribution in [1.82, 2.24) is 0 Å². The fraction of sp³-hybridized carbons (Fsp3) is 0. The number of rotatable bonds is 1. The number of nitrogens with zero attached hydrogens (tertiary/aromatic N) is 1. The Balaban J connectivity index is 2.42. The van der Waals surface area contributed by atoms with Gasteiger partial charge in [-0.05, 0) is 56.1 Å². The summed E-state index contributed by atoms with van der Waals surface area (Å²) in [6.07, 6.45) is 0. The number of anilines is 1. The fourth-order valence-electron chi connectivity index (χ4n) is 1.30. The molecule has 0 aliphatic carbocycles. The Labute approximate surface area is 107 Å². The molecule has 2 rings (SSSR count). The van der Waals surface area contributed by atoms with Crippen LogP contribution in [0, 0.1) is 5.82 Å². The van der Waals surface area contributed by atoms with E-state index in [0.717, 1.165) is 4.90 Å². The van der Waals surface area contributed by atoms with Gasteiger partial charge in [0, 0.05) is 0 Å². The molecule has 16 heavy (non-hydrogen) atoms. The number of carbonyl (C=O) groups excluding carboxylic acids is 2. The third-order valence-electron chi connectivity index (χ3n) is 2.06. The van der Waals surface area contributed by atoms with Crippen LogP contribution in [-0.2, 0) is 9.59 Å². The Bertz CT molecular complexity index is 486. The van der Waals surface area contributed by atoms with Gasteiger partial charge in [0.25, 0.3) is 11.8 Å². The first-order chi connectivity index (χ1) is 7.52. The predicted molar refractivity (Wildman–Crippen MR) is 63.8 cm³/mol. The first kappa shape index (κ1) is 11.5. The largest absolute Gasteiger partial charge is 0.273 e. The van der Waals surface area contributed by atoms with E-state index in [9.17, 15) is 14.0 Å². The van der Waals surface area contributed by atoms with Crippen molar-refractivity contribution in [2.24, 2.45) is 0 Å². The second kappa shape index (κ2) is 4.10. The second-order valence-corrected chi connectivity index (χ2v) is 4.64. The number of imide groups is 1. The van der Waals surface area contributed by atoms with Crippen LogP contribution < -0.4 is 4.90 Å². The summed E-state index contributed by atoms with van der Waals surface area (Å²) in [5.41, 5.74) is 0.336. The highest BCUT2D eigenvalue weighted by molar-refractivity contribution is 9.14. The van der Waals surface area contributed by atoms with Gasteiger partial charge >= 0.3 is 0 Å². The summed E-state index contributed by atoms with van der Waals surface area (Å²) in [5, 5.41) is 0. The Hall–Kier alpha value is -1.01. The van der Waals surface area contributed by atoms with Crippen LogP contribution in [0.2, 0.25) is 0 Å². The lowest BCUT2D eigenvalue weighted by atomic mass is 10.3. The van der Waals surface area contributed by atoms with Gasteiger partial charge in [-0.15, -0.1) is 0 Å². The Kier molecular flexibility index (Phi) is 2.94. The van der Waals surface area contributed by atoms with Crippen molar-refractivity contribution in [3.8, 4) is 0 Å². The first-order valence-electron chi connectivity index (χ1n) is 4.22. The molecule has 1 heterocycles. The number of amides is 2. The van der Waals surface area contributed by atoms with E-state index in [2.05, 4.69) is 31.9 Å². The molecule has 0 radical (unpaired) electrons. The molecule has 0 saturated heterocycles. The van der Waals surface area contributed by atoms with E-state index >= 15 is 0 Å². The summed E-state index contributed by atoms with van der Waals surface area (Å²) in [6, 6.07) is 5.13.